The summed E-state index contributed by atoms with van der Waals surface area (Å²) in [5.74, 6) is 5.66. The van der Waals surface area contributed by atoms with Crippen LogP contribution in [0.4, 0.5) is 4.39 Å². The summed E-state index contributed by atoms with van der Waals surface area (Å²) >= 11 is 0. The fourth-order valence-corrected chi connectivity index (χ4v) is 1.53. The fraction of sp³-hybridized carbons (Fsp3) is 0.455. The molecule has 0 aliphatic rings. The van der Waals surface area contributed by atoms with Crippen LogP contribution in [-0.4, -0.2) is 0 Å². The van der Waals surface area contributed by atoms with E-state index in [0.29, 0.717) is 11.5 Å². The Labute approximate surface area is 84.3 Å². The van der Waals surface area contributed by atoms with Crippen molar-refractivity contribution in [2.75, 3.05) is 0 Å². The minimum atomic E-state index is -0.173. The van der Waals surface area contributed by atoms with Gasteiger partial charge in [-0.25, -0.2) is 4.39 Å². The summed E-state index contributed by atoms with van der Waals surface area (Å²) < 4.78 is 13.0. The lowest BCUT2D eigenvalue weighted by Gasteiger charge is -2.20. The van der Waals surface area contributed by atoms with Crippen molar-refractivity contribution >= 4 is 0 Å². The number of halogens is 1. The minimum absolute atomic E-state index is 0.0781. The first-order chi connectivity index (χ1) is 6.56. The highest BCUT2D eigenvalue weighted by Gasteiger charge is 2.14. The maximum absolute atomic E-state index is 13.0. The molecule has 0 spiro atoms. The van der Waals surface area contributed by atoms with Crippen LogP contribution in [0.15, 0.2) is 18.2 Å². The van der Waals surface area contributed by atoms with Crippen molar-refractivity contribution in [2.24, 2.45) is 11.8 Å². The molecule has 1 aromatic rings. The lowest BCUT2D eigenvalue weighted by atomic mass is 9.95. The summed E-state index contributed by atoms with van der Waals surface area (Å²) in [4.78, 5) is 0. The number of hydrogen-bond donors (Lipinski definition) is 2. The number of nitrogens with one attached hydrogen (secondary N) is 1. The van der Waals surface area contributed by atoms with Gasteiger partial charge in [0, 0.05) is 6.04 Å². The molecule has 0 amide bonds. The van der Waals surface area contributed by atoms with E-state index in [0.717, 1.165) is 5.56 Å². The van der Waals surface area contributed by atoms with Crippen LogP contribution in [0.1, 0.15) is 31.0 Å². The number of benzene rings is 1. The van der Waals surface area contributed by atoms with Gasteiger partial charge in [0.05, 0.1) is 0 Å². The summed E-state index contributed by atoms with van der Waals surface area (Å²) in [6.45, 7) is 5.90. The van der Waals surface area contributed by atoms with Crippen LogP contribution in [-0.2, 0) is 0 Å². The van der Waals surface area contributed by atoms with E-state index in [4.69, 9.17) is 5.84 Å². The van der Waals surface area contributed by atoms with Crippen LogP contribution >= 0.6 is 0 Å². The van der Waals surface area contributed by atoms with Crippen LogP contribution in [0.5, 0.6) is 0 Å². The summed E-state index contributed by atoms with van der Waals surface area (Å²) in [5, 5.41) is 0. The van der Waals surface area contributed by atoms with Crippen LogP contribution in [0, 0.1) is 18.7 Å². The molecule has 0 bridgehead atoms. The molecule has 1 unspecified atom stereocenters. The Balaban J connectivity index is 3.00. The van der Waals surface area contributed by atoms with E-state index < -0.39 is 0 Å². The van der Waals surface area contributed by atoms with Crippen molar-refractivity contribution in [2.45, 2.75) is 26.8 Å². The van der Waals surface area contributed by atoms with Gasteiger partial charge >= 0.3 is 0 Å². The number of aryl methyl sites for hydroxylation is 1. The van der Waals surface area contributed by atoms with Gasteiger partial charge < -0.3 is 0 Å². The molecule has 0 heterocycles. The van der Waals surface area contributed by atoms with Crippen LogP contribution < -0.4 is 11.3 Å². The average Bonchev–Trinajstić information content (AvgIpc) is 2.11. The summed E-state index contributed by atoms with van der Waals surface area (Å²) in [6.07, 6.45) is 0. The molecule has 0 saturated heterocycles. The van der Waals surface area contributed by atoms with Crippen molar-refractivity contribution in [3.8, 4) is 0 Å². The molecule has 1 atom stereocenters. The molecule has 78 valence electrons. The molecule has 0 radical (unpaired) electrons. The minimum Gasteiger partial charge on any atom is -0.271 e. The molecule has 14 heavy (non-hydrogen) atoms. The third-order valence-electron chi connectivity index (χ3n) is 2.39. The molecule has 1 aromatic carbocycles. The number of rotatable bonds is 3. The Kier molecular flexibility index (Phi) is 3.61. The standard InChI is InChI=1S/C11H17FN2/c1-7(2)11(14-13)9-4-5-10(12)8(3)6-9/h4-7,11,14H,13H2,1-3H3. The summed E-state index contributed by atoms with van der Waals surface area (Å²) in [6, 6.07) is 5.17. The molecule has 3 heteroatoms. The maximum atomic E-state index is 13.0. The predicted octanol–water partition coefficient (Wildman–Crippen LogP) is 2.29. The molecule has 0 saturated carbocycles. The topological polar surface area (TPSA) is 38.0 Å². The Hall–Kier alpha value is -0.930. The number of nitrogens with two attached hydrogens (primary N) is 1. The van der Waals surface area contributed by atoms with E-state index in [-0.39, 0.29) is 11.9 Å². The number of hydrogen-bond acceptors (Lipinski definition) is 2. The Bertz CT molecular complexity index is 310. The Morgan fingerprint density at radius 3 is 2.43 bits per heavy atom. The number of hydrazine groups is 1. The second kappa shape index (κ2) is 4.53. The van der Waals surface area contributed by atoms with Gasteiger partial charge in [-0.15, -0.1) is 0 Å². The summed E-state index contributed by atoms with van der Waals surface area (Å²) in [5.41, 5.74) is 4.43. The van der Waals surface area contributed by atoms with E-state index in [1.807, 2.05) is 6.07 Å². The highest BCUT2D eigenvalue weighted by atomic mass is 19.1. The van der Waals surface area contributed by atoms with Gasteiger partial charge in [-0.3, -0.25) is 11.3 Å². The normalized spacial score (nSPS) is 13.3. The lowest BCUT2D eigenvalue weighted by Crippen LogP contribution is -2.31. The molecule has 2 nitrogen and oxygen atoms in total. The lowest BCUT2D eigenvalue weighted by molar-refractivity contribution is 0.420. The highest BCUT2D eigenvalue weighted by Crippen LogP contribution is 2.22. The first-order valence-electron chi connectivity index (χ1n) is 4.78. The van der Waals surface area contributed by atoms with Gasteiger partial charge in [0.2, 0.25) is 0 Å². The van der Waals surface area contributed by atoms with E-state index >= 15 is 0 Å². The van der Waals surface area contributed by atoms with Crippen LogP contribution in [0.3, 0.4) is 0 Å². The van der Waals surface area contributed by atoms with Crippen LogP contribution in [0.2, 0.25) is 0 Å². The monoisotopic (exact) mass is 196 g/mol. The maximum Gasteiger partial charge on any atom is 0.126 e. The molecule has 0 aromatic heterocycles. The summed E-state index contributed by atoms with van der Waals surface area (Å²) in [7, 11) is 0. The van der Waals surface area contributed by atoms with E-state index in [1.165, 1.54) is 6.07 Å². The zero-order chi connectivity index (χ0) is 10.7. The Morgan fingerprint density at radius 1 is 1.36 bits per heavy atom. The molecule has 0 fully saturated rings. The second-order valence-electron chi connectivity index (χ2n) is 3.90. The van der Waals surface area contributed by atoms with Gasteiger partial charge in [0.25, 0.3) is 0 Å². The van der Waals surface area contributed by atoms with Crippen molar-refractivity contribution in [1.82, 2.24) is 5.43 Å². The largest absolute Gasteiger partial charge is 0.271 e. The van der Waals surface area contributed by atoms with Crippen molar-refractivity contribution in [1.29, 1.82) is 0 Å². The van der Waals surface area contributed by atoms with Crippen molar-refractivity contribution < 1.29 is 4.39 Å². The first kappa shape index (κ1) is 11.1. The van der Waals surface area contributed by atoms with Gasteiger partial charge in [0.1, 0.15) is 5.82 Å². The molecule has 0 aliphatic heterocycles. The predicted molar refractivity (Wildman–Crippen MR) is 56.0 cm³/mol. The molecule has 1 rings (SSSR count). The second-order valence-corrected chi connectivity index (χ2v) is 3.90. The third kappa shape index (κ3) is 2.30. The zero-order valence-corrected chi connectivity index (χ0v) is 8.84. The van der Waals surface area contributed by atoms with Crippen LogP contribution in [0.25, 0.3) is 0 Å². The third-order valence-corrected chi connectivity index (χ3v) is 2.39. The highest BCUT2D eigenvalue weighted by molar-refractivity contribution is 5.26. The molecule has 0 aliphatic carbocycles. The van der Waals surface area contributed by atoms with E-state index in [2.05, 4.69) is 19.3 Å². The molecular weight excluding hydrogens is 179 g/mol. The van der Waals surface area contributed by atoms with Gasteiger partial charge in [-0.05, 0) is 30.0 Å². The van der Waals surface area contributed by atoms with Crippen molar-refractivity contribution in [3.63, 3.8) is 0 Å². The molecule has 3 N–H and O–H groups in total. The van der Waals surface area contributed by atoms with Gasteiger partial charge in [-0.2, -0.15) is 0 Å². The average molecular weight is 196 g/mol. The van der Waals surface area contributed by atoms with E-state index in [9.17, 15) is 4.39 Å². The Morgan fingerprint density at radius 2 is 2.00 bits per heavy atom. The van der Waals surface area contributed by atoms with E-state index in [1.54, 1.807) is 13.0 Å². The smallest absolute Gasteiger partial charge is 0.126 e. The zero-order valence-electron chi connectivity index (χ0n) is 8.84. The first-order valence-corrected chi connectivity index (χ1v) is 4.78. The van der Waals surface area contributed by atoms with Gasteiger partial charge in [0.15, 0.2) is 0 Å². The quantitative estimate of drug-likeness (QED) is 0.575. The van der Waals surface area contributed by atoms with Gasteiger partial charge in [-0.1, -0.05) is 26.0 Å². The van der Waals surface area contributed by atoms with Crippen molar-refractivity contribution in [3.05, 3.63) is 35.1 Å². The SMILES string of the molecule is Cc1cc(C(NN)C(C)C)ccc1F. The fourth-order valence-electron chi connectivity index (χ4n) is 1.53. The molecular formula is C11H17FN2.